The smallest absolute Gasteiger partial charge is 0.348 e. The van der Waals surface area contributed by atoms with E-state index in [0.29, 0.717) is 0 Å². The second-order valence-corrected chi connectivity index (χ2v) is 4.10. The van der Waals surface area contributed by atoms with Gasteiger partial charge < -0.3 is 5.32 Å². The molecule has 1 aliphatic carbocycles. The van der Waals surface area contributed by atoms with Gasteiger partial charge in [-0.1, -0.05) is 13.8 Å². The molecule has 1 unspecified atom stereocenters. The molecule has 13 heavy (non-hydrogen) atoms. The highest BCUT2D eigenvalue weighted by atomic mass is 19.4. The molecule has 1 amide bonds. The summed E-state index contributed by atoms with van der Waals surface area (Å²) in [4.78, 5) is 10.4. The average Bonchev–Trinajstić information content (AvgIpc) is 2.52. The first-order valence-electron chi connectivity index (χ1n) is 4.08. The summed E-state index contributed by atoms with van der Waals surface area (Å²) in [5.41, 5.74) is 0.0961. The summed E-state index contributed by atoms with van der Waals surface area (Å²) in [6.07, 6.45) is -3.87. The molecule has 0 saturated heterocycles. The molecule has 5 heteroatoms. The number of nitrogens with one attached hydrogen (secondary N) is 1. The zero-order chi connectivity index (χ0) is 10.3. The summed E-state index contributed by atoms with van der Waals surface area (Å²) in [6, 6.07) is 0. The van der Waals surface area contributed by atoms with Gasteiger partial charge in [0, 0.05) is 6.54 Å². The molecule has 0 aromatic heterocycles. The van der Waals surface area contributed by atoms with Crippen molar-refractivity contribution in [2.75, 3.05) is 6.54 Å². The molecule has 1 aliphatic rings. The summed E-state index contributed by atoms with van der Waals surface area (Å²) in [6.45, 7) is 4.07. The fourth-order valence-corrected chi connectivity index (χ4v) is 1.24. The Kier molecular flexibility index (Phi) is 2.30. The van der Waals surface area contributed by atoms with Crippen LogP contribution in [0.1, 0.15) is 20.3 Å². The standard InChI is InChI=1S/C8H12F3NO/c1-7(2)3-5(7)4-12-6(13)8(9,10)11/h5H,3-4H2,1-2H3,(H,12,13). The Morgan fingerprint density at radius 3 is 2.31 bits per heavy atom. The lowest BCUT2D eigenvalue weighted by atomic mass is 10.1. The van der Waals surface area contributed by atoms with Crippen LogP contribution in [0.2, 0.25) is 0 Å². The number of rotatable bonds is 2. The summed E-state index contributed by atoms with van der Waals surface area (Å²) in [7, 11) is 0. The molecule has 0 aromatic rings. The molecule has 0 bridgehead atoms. The third kappa shape index (κ3) is 2.60. The number of hydrogen-bond donors (Lipinski definition) is 1. The molecule has 2 nitrogen and oxygen atoms in total. The number of amides is 1. The molecule has 0 spiro atoms. The molecule has 0 aliphatic heterocycles. The van der Waals surface area contributed by atoms with Crippen LogP contribution in [0.5, 0.6) is 0 Å². The van der Waals surface area contributed by atoms with Crippen molar-refractivity contribution in [3.63, 3.8) is 0 Å². The van der Waals surface area contributed by atoms with Gasteiger partial charge in [0.25, 0.3) is 0 Å². The van der Waals surface area contributed by atoms with Gasteiger partial charge in [0.2, 0.25) is 0 Å². The third-order valence-electron chi connectivity index (χ3n) is 2.48. The molecule has 1 rings (SSSR count). The normalized spacial score (nSPS) is 25.5. The van der Waals surface area contributed by atoms with Gasteiger partial charge >= 0.3 is 12.1 Å². The predicted molar refractivity (Wildman–Crippen MR) is 41.0 cm³/mol. The minimum Gasteiger partial charge on any atom is -0.348 e. The van der Waals surface area contributed by atoms with Crippen molar-refractivity contribution in [3.05, 3.63) is 0 Å². The number of carbonyl (C=O) groups is 1. The zero-order valence-corrected chi connectivity index (χ0v) is 7.53. The maximum absolute atomic E-state index is 11.7. The average molecular weight is 195 g/mol. The van der Waals surface area contributed by atoms with Gasteiger partial charge in [0.15, 0.2) is 0 Å². The van der Waals surface area contributed by atoms with Gasteiger partial charge in [0.05, 0.1) is 0 Å². The van der Waals surface area contributed by atoms with Crippen LogP contribution in [-0.4, -0.2) is 18.6 Å². The van der Waals surface area contributed by atoms with Crippen LogP contribution in [0.4, 0.5) is 13.2 Å². The van der Waals surface area contributed by atoms with E-state index in [4.69, 9.17) is 0 Å². The van der Waals surface area contributed by atoms with Crippen molar-refractivity contribution in [2.24, 2.45) is 11.3 Å². The fraction of sp³-hybridized carbons (Fsp3) is 0.875. The molecule has 1 fully saturated rings. The van der Waals surface area contributed by atoms with Crippen molar-refractivity contribution in [2.45, 2.75) is 26.4 Å². The zero-order valence-electron chi connectivity index (χ0n) is 7.53. The molecular weight excluding hydrogens is 183 g/mol. The van der Waals surface area contributed by atoms with Crippen LogP contribution in [-0.2, 0) is 4.79 Å². The molecular formula is C8H12F3NO. The minimum atomic E-state index is -4.75. The lowest BCUT2D eigenvalue weighted by Crippen LogP contribution is -2.38. The molecule has 0 aromatic carbocycles. The van der Waals surface area contributed by atoms with Crippen molar-refractivity contribution in [1.82, 2.24) is 5.32 Å². The van der Waals surface area contributed by atoms with Crippen LogP contribution < -0.4 is 5.32 Å². The number of carbonyl (C=O) groups excluding carboxylic acids is 1. The van der Waals surface area contributed by atoms with Gasteiger partial charge in [-0.15, -0.1) is 0 Å². The van der Waals surface area contributed by atoms with Gasteiger partial charge in [-0.3, -0.25) is 4.79 Å². The first kappa shape index (κ1) is 10.3. The second kappa shape index (κ2) is 2.89. The largest absolute Gasteiger partial charge is 0.471 e. The second-order valence-electron chi connectivity index (χ2n) is 4.10. The van der Waals surface area contributed by atoms with E-state index in [-0.39, 0.29) is 17.9 Å². The Morgan fingerprint density at radius 2 is 2.00 bits per heavy atom. The van der Waals surface area contributed by atoms with E-state index in [9.17, 15) is 18.0 Å². The van der Waals surface area contributed by atoms with E-state index >= 15 is 0 Å². The maximum atomic E-state index is 11.7. The van der Waals surface area contributed by atoms with Crippen molar-refractivity contribution >= 4 is 5.91 Å². The van der Waals surface area contributed by atoms with Crippen molar-refractivity contribution < 1.29 is 18.0 Å². The fourth-order valence-electron chi connectivity index (χ4n) is 1.24. The Bertz CT molecular complexity index is 222. The highest BCUT2D eigenvalue weighted by Gasteiger charge is 2.47. The first-order valence-corrected chi connectivity index (χ1v) is 4.08. The quantitative estimate of drug-likeness (QED) is 0.714. The van der Waals surface area contributed by atoms with Crippen molar-refractivity contribution in [1.29, 1.82) is 0 Å². The lowest BCUT2D eigenvalue weighted by molar-refractivity contribution is -0.173. The highest BCUT2D eigenvalue weighted by Crippen LogP contribution is 2.51. The maximum Gasteiger partial charge on any atom is 0.471 e. The Morgan fingerprint density at radius 1 is 1.54 bits per heavy atom. The first-order chi connectivity index (χ1) is 5.73. The molecule has 1 atom stereocenters. The van der Waals surface area contributed by atoms with Crippen LogP contribution >= 0.6 is 0 Å². The van der Waals surface area contributed by atoms with Crippen LogP contribution in [0.25, 0.3) is 0 Å². The lowest BCUT2D eigenvalue weighted by Gasteiger charge is -2.08. The van der Waals surface area contributed by atoms with Gasteiger partial charge in [-0.2, -0.15) is 13.2 Å². The molecule has 0 radical (unpaired) electrons. The molecule has 76 valence electrons. The van der Waals surface area contributed by atoms with Crippen molar-refractivity contribution in [3.8, 4) is 0 Å². The summed E-state index contributed by atoms with van der Waals surface area (Å²) in [5.74, 6) is -1.64. The highest BCUT2D eigenvalue weighted by molar-refractivity contribution is 5.81. The van der Waals surface area contributed by atoms with Crippen LogP contribution in [0.15, 0.2) is 0 Å². The van der Waals surface area contributed by atoms with E-state index in [2.05, 4.69) is 0 Å². The topological polar surface area (TPSA) is 29.1 Å². The Labute approximate surface area is 74.5 Å². The van der Waals surface area contributed by atoms with Gasteiger partial charge in [0.1, 0.15) is 0 Å². The SMILES string of the molecule is CC1(C)CC1CNC(=O)C(F)(F)F. The summed E-state index contributed by atoms with van der Waals surface area (Å²) < 4.78 is 35.1. The van der Waals surface area contributed by atoms with Crippen LogP contribution in [0.3, 0.4) is 0 Å². The van der Waals surface area contributed by atoms with E-state index < -0.39 is 12.1 Å². The van der Waals surface area contributed by atoms with E-state index in [1.165, 1.54) is 0 Å². The molecule has 0 heterocycles. The predicted octanol–water partition coefficient (Wildman–Crippen LogP) is 1.71. The third-order valence-corrected chi connectivity index (χ3v) is 2.48. The van der Waals surface area contributed by atoms with Gasteiger partial charge in [-0.05, 0) is 17.8 Å². The number of hydrogen-bond acceptors (Lipinski definition) is 1. The van der Waals surface area contributed by atoms with E-state index in [1.807, 2.05) is 19.2 Å². The van der Waals surface area contributed by atoms with Crippen LogP contribution in [0, 0.1) is 11.3 Å². The number of halogens is 3. The van der Waals surface area contributed by atoms with E-state index in [0.717, 1.165) is 6.42 Å². The molecule has 1 N–H and O–H groups in total. The van der Waals surface area contributed by atoms with Gasteiger partial charge in [-0.25, -0.2) is 0 Å². The monoisotopic (exact) mass is 195 g/mol. The Balaban J connectivity index is 2.25. The number of alkyl halides is 3. The van der Waals surface area contributed by atoms with E-state index in [1.54, 1.807) is 0 Å². The summed E-state index contributed by atoms with van der Waals surface area (Å²) in [5, 5.41) is 1.88. The minimum absolute atomic E-state index is 0.0961. The molecule has 1 saturated carbocycles. The summed E-state index contributed by atoms with van der Waals surface area (Å²) >= 11 is 0. The Hall–Kier alpha value is -0.740.